The van der Waals surface area contributed by atoms with Gasteiger partial charge in [0, 0.05) is 45.8 Å². The first-order valence-corrected chi connectivity index (χ1v) is 18.6. The average molecular weight is 895 g/mol. The number of hydrogen-bond acceptors (Lipinski definition) is 13. The number of rotatable bonds is 6. The van der Waals surface area contributed by atoms with Crippen LogP contribution in [0.5, 0.6) is 23.0 Å². The number of azo groups is 2. The Balaban J connectivity index is 0.000000280. The molecule has 0 amide bonds. The molecule has 6 aromatic carbocycles. The second kappa shape index (κ2) is 18.1. The van der Waals surface area contributed by atoms with Crippen molar-refractivity contribution in [1.82, 2.24) is 0 Å². The van der Waals surface area contributed by atoms with Gasteiger partial charge in [0.05, 0.1) is 22.0 Å². The summed E-state index contributed by atoms with van der Waals surface area (Å²) in [6, 6.07) is 18.2. The summed E-state index contributed by atoms with van der Waals surface area (Å²) in [5, 5.41) is 69.1. The van der Waals surface area contributed by atoms with Crippen molar-refractivity contribution >= 4 is 111 Å². The number of benzene rings is 6. The molecule has 1 radical (unpaired) electrons. The molecular formula is C32H18Cl4CrN6NaO8S2. The summed E-state index contributed by atoms with van der Waals surface area (Å²) in [6.45, 7) is 0. The summed E-state index contributed by atoms with van der Waals surface area (Å²) in [5.74, 6) is -1.96. The fourth-order valence-corrected chi connectivity index (χ4v) is 6.52. The van der Waals surface area contributed by atoms with E-state index in [1.807, 2.05) is 0 Å². The van der Waals surface area contributed by atoms with E-state index in [1.165, 1.54) is 24.3 Å². The van der Waals surface area contributed by atoms with Gasteiger partial charge in [-0.15, -0.1) is 5.11 Å². The number of aromatic hydroxyl groups is 1. The van der Waals surface area contributed by atoms with Gasteiger partial charge in [0.2, 0.25) is 10.0 Å². The predicted molar refractivity (Wildman–Crippen MR) is 190 cm³/mol. The van der Waals surface area contributed by atoms with Crippen LogP contribution < -0.4 is 50.0 Å². The normalized spacial score (nSPS) is 12.6. The van der Waals surface area contributed by atoms with Gasteiger partial charge < -0.3 is 25.0 Å². The van der Waals surface area contributed by atoms with Gasteiger partial charge in [-0.2, -0.15) is 15.3 Å². The Kier molecular flexibility index (Phi) is 15.2. The number of nitrogens with one attached hydrogen (secondary N) is 1. The van der Waals surface area contributed by atoms with Crippen molar-refractivity contribution in [3.05, 3.63) is 105 Å². The van der Waals surface area contributed by atoms with E-state index >= 15 is 0 Å². The zero-order valence-corrected chi connectivity index (χ0v) is 34.9. The smallest absolute Gasteiger partial charge is 0.871 e. The second-order valence-electron chi connectivity index (χ2n) is 10.5. The van der Waals surface area contributed by atoms with Crippen LogP contribution in [-0.2, 0) is 37.4 Å². The van der Waals surface area contributed by atoms with E-state index in [1.54, 1.807) is 24.3 Å². The number of phenolic OH excluding ortho intramolecular Hbond substituents is 1. The van der Waals surface area contributed by atoms with Gasteiger partial charge in [-0.3, -0.25) is 8.99 Å². The molecule has 6 rings (SSSR count). The van der Waals surface area contributed by atoms with Crippen LogP contribution in [0.3, 0.4) is 0 Å². The Hall–Kier alpha value is -3.25. The molecule has 54 heavy (non-hydrogen) atoms. The SMILES string of the molecule is N=S(=O)([O-])c1ccc([O-])c(N=Nc2ccc3c(Cl)ccc(Cl)c3c2[O-])c1.NS(=O)(=O)c1ccc(O)c(N=Nc2ccc3c(Cl)ccc(Cl)c3c2[O-])c1.[Cr+3].[Na+]. The maximum Gasteiger partial charge on any atom is 3.00 e. The van der Waals surface area contributed by atoms with Crippen LogP contribution in [0.4, 0.5) is 22.7 Å². The van der Waals surface area contributed by atoms with Crippen LogP contribution in [0.1, 0.15) is 0 Å². The Morgan fingerprint density at radius 1 is 0.593 bits per heavy atom. The fourth-order valence-electron chi connectivity index (χ4n) is 4.53. The quantitative estimate of drug-likeness (QED) is 0.147. The molecule has 0 saturated carbocycles. The van der Waals surface area contributed by atoms with Gasteiger partial charge in [-0.1, -0.05) is 81.9 Å². The van der Waals surface area contributed by atoms with Gasteiger partial charge in [0.25, 0.3) is 0 Å². The summed E-state index contributed by atoms with van der Waals surface area (Å²) in [7, 11) is -8.24. The van der Waals surface area contributed by atoms with Crippen LogP contribution in [0.25, 0.3) is 21.5 Å². The van der Waals surface area contributed by atoms with Crippen molar-refractivity contribution in [2.24, 2.45) is 25.6 Å². The van der Waals surface area contributed by atoms with Crippen molar-refractivity contribution in [3.63, 3.8) is 0 Å². The van der Waals surface area contributed by atoms with Crippen LogP contribution in [0.15, 0.2) is 115 Å². The van der Waals surface area contributed by atoms with E-state index in [0.29, 0.717) is 20.8 Å². The summed E-state index contributed by atoms with van der Waals surface area (Å²) in [6.07, 6.45) is 0. The number of fused-ring (bicyclic) bond motifs is 2. The number of primary sulfonamides is 1. The van der Waals surface area contributed by atoms with E-state index in [9.17, 15) is 37.6 Å². The van der Waals surface area contributed by atoms with Crippen molar-refractivity contribution in [2.75, 3.05) is 0 Å². The second-order valence-corrected chi connectivity index (χ2v) is 15.1. The summed E-state index contributed by atoms with van der Waals surface area (Å²) in [4.78, 5) is -0.651. The van der Waals surface area contributed by atoms with Gasteiger partial charge in [-0.05, 0) is 77.5 Å². The largest absolute Gasteiger partial charge is 3.00 e. The van der Waals surface area contributed by atoms with E-state index < -0.39 is 42.2 Å². The van der Waals surface area contributed by atoms with E-state index in [4.69, 9.17) is 56.3 Å². The molecule has 6 aromatic rings. The molecule has 1 atom stereocenters. The number of halogens is 4. The Morgan fingerprint density at radius 2 is 1.00 bits per heavy atom. The minimum atomic E-state index is -4.26. The van der Waals surface area contributed by atoms with Crippen LogP contribution >= 0.6 is 46.4 Å². The van der Waals surface area contributed by atoms with Crippen molar-refractivity contribution in [3.8, 4) is 23.0 Å². The zero-order chi connectivity index (χ0) is 38.1. The Bertz CT molecular complexity index is 2530. The first-order valence-electron chi connectivity index (χ1n) is 14.0. The van der Waals surface area contributed by atoms with E-state index in [-0.39, 0.29) is 101 Å². The number of hydrogen-bond donors (Lipinski definition) is 3. The third-order valence-electron chi connectivity index (χ3n) is 7.07. The first kappa shape index (κ1) is 45.1. The molecule has 0 aliphatic heterocycles. The molecule has 0 fully saturated rings. The zero-order valence-electron chi connectivity index (χ0n) is 27.0. The standard InChI is InChI=1S/2C16H11Cl2N3O4S.Cr.Na/c2*17-10-3-4-11(18)15-9(10)2-5-12(16(15)23)20-21-13-7-8(26(19,24)25)1-6-14(13)22;;/h2*1-7,22-23H,(H2,19,24,25);;/q;;+3;+1/p-4. The monoisotopic (exact) mass is 893 g/mol. The molecule has 271 valence electrons. The maximum absolute atomic E-state index is 12.6. The van der Waals surface area contributed by atoms with Gasteiger partial charge in [-0.25, -0.2) is 13.6 Å². The Labute approximate surface area is 360 Å². The number of nitrogens with two attached hydrogens (primary N) is 1. The Morgan fingerprint density at radius 3 is 1.46 bits per heavy atom. The van der Waals surface area contributed by atoms with Crippen molar-refractivity contribution < 1.29 is 84.5 Å². The summed E-state index contributed by atoms with van der Waals surface area (Å²) >= 11 is 24.2. The third-order valence-corrected chi connectivity index (χ3v) is 10.1. The predicted octanol–water partition coefficient (Wildman–Crippen LogP) is 5.24. The topological polar surface area (TPSA) is 263 Å². The van der Waals surface area contributed by atoms with Gasteiger partial charge in [0.1, 0.15) is 11.4 Å². The molecule has 0 aliphatic carbocycles. The van der Waals surface area contributed by atoms with E-state index in [0.717, 1.165) is 36.4 Å². The maximum atomic E-state index is 12.6. The molecule has 0 bridgehead atoms. The number of nitrogens with zero attached hydrogens (tertiary/aromatic N) is 4. The van der Waals surface area contributed by atoms with Gasteiger partial charge >= 0.3 is 46.9 Å². The molecule has 0 heterocycles. The average Bonchev–Trinajstić information content (AvgIpc) is 3.07. The fraction of sp³-hybridized carbons (Fsp3) is 0. The van der Waals surface area contributed by atoms with Crippen LogP contribution in [0.2, 0.25) is 20.1 Å². The molecular weight excluding hydrogens is 877 g/mol. The van der Waals surface area contributed by atoms with Crippen molar-refractivity contribution in [2.45, 2.75) is 9.79 Å². The van der Waals surface area contributed by atoms with E-state index in [2.05, 4.69) is 20.5 Å². The molecule has 0 aromatic heterocycles. The first-order chi connectivity index (χ1) is 24.4. The molecule has 0 aliphatic rings. The van der Waals surface area contributed by atoms with Crippen LogP contribution in [0, 0.1) is 4.78 Å². The number of phenols is 1. The molecule has 1 unspecified atom stereocenters. The van der Waals surface area contributed by atoms with Crippen molar-refractivity contribution in [1.29, 1.82) is 4.78 Å². The minimum absolute atomic E-state index is 0. The third kappa shape index (κ3) is 10.1. The molecule has 0 saturated heterocycles. The van der Waals surface area contributed by atoms with Gasteiger partial charge in [0.15, 0.2) is 0 Å². The number of sulfonamides is 1. The molecule has 4 N–H and O–H groups in total. The summed E-state index contributed by atoms with van der Waals surface area (Å²) in [5.41, 5.74) is -0.620. The molecule has 22 heteroatoms. The summed E-state index contributed by atoms with van der Waals surface area (Å²) < 4.78 is 52.3. The van der Waals surface area contributed by atoms with Crippen LogP contribution in [-0.4, -0.2) is 22.3 Å². The molecule has 14 nitrogen and oxygen atoms in total. The molecule has 0 spiro atoms. The minimum Gasteiger partial charge on any atom is -0.871 e.